The number of primary amides is 1. The van der Waals surface area contributed by atoms with Gasteiger partial charge in [-0.25, -0.2) is 0 Å². The Labute approximate surface area is 171 Å². The fraction of sp³-hybridized carbons (Fsp3) is 0.364. The van der Waals surface area contributed by atoms with E-state index in [0.29, 0.717) is 17.9 Å². The van der Waals surface area contributed by atoms with Crippen LogP contribution in [0.1, 0.15) is 17.3 Å². The minimum Gasteiger partial charge on any atom is -0.488 e. The quantitative estimate of drug-likeness (QED) is 0.459. The van der Waals surface area contributed by atoms with Crippen molar-refractivity contribution in [3.05, 3.63) is 60.2 Å². The van der Waals surface area contributed by atoms with E-state index in [0.717, 1.165) is 38.5 Å². The molecular weight excluding hydrogens is 368 g/mol. The van der Waals surface area contributed by atoms with Crippen molar-refractivity contribution in [2.24, 2.45) is 5.73 Å². The van der Waals surface area contributed by atoms with Crippen molar-refractivity contribution in [2.45, 2.75) is 13.0 Å². The smallest absolute Gasteiger partial charge is 0.282 e. The van der Waals surface area contributed by atoms with Crippen molar-refractivity contribution >= 4 is 17.5 Å². The van der Waals surface area contributed by atoms with Crippen LogP contribution in [0.2, 0.25) is 0 Å². The monoisotopic (exact) mass is 398 g/mol. The highest BCUT2D eigenvalue weighted by atomic mass is 16.5. The SMILES string of the molecule is C[C@H](C(=O)Nc1ccc(C(N)=O)cc1)[NH+]1CC[NH+](CCOc2ccccc2)CC1. The maximum Gasteiger partial charge on any atom is 0.282 e. The highest BCUT2D eigenvalue weighted by Gasteiger charge is 2.30. The number of nitrogens with one attached hydrogen (secondary N) is 3. The van der Waals surface area contributed by atoms with Gasteiger partial charge in [-0.1, -0.05) is 18.2 Å². The van der Waals surface area contributed by atoms with Crippen LogP contribution < -0.4 is 25.6 Å². The lowest BCUT2D eigenvalue weighted by Gasteiger charge is -2.32. The van der Waals surface area contributed by atoms with Crippen molar-refractivity contribution in [1.29, 1.82) is 0 Å². The molecule has 0 saturated carbocycles. The van der Waals surface area contributed by atoms with Crippen molar-refractivity contribution in [3.8, 4) is 5.75 Å². The Morgan fingerprint density at radius 3 is 2.31 bits per heavy atom. The molecule has 1 fully saturated rings. The molecular formula is C22H30N4O3+2. The van der Waals surface area contributed by atoms with Crippen LogP contribution in [0.5, 0.6) is 5.75 Å². The highest BCUT2D eigenvalue weighted by molar-refractivity contribution is 5.95. The molecule has 0 bridgehead atoms. The summed E-state index contributed by atoms with van der Waals surface area (Å²) in [5.74, 6) is 0.420. The van der Waals surface area contributed by atoms with Crippen molar-refractivity contribution in [2.75, 3.05) is 44.6 Å². The first-order chi connectivity index (χ1) is 14.0. The number of piperazine rings is 1. The van der Waals surface area contributed by atoms with Gasteiger partial charge >= 0.3 is 0 Å². The van der Waals surface area contributed by atoms with Gasteiger partial charge in [0.2, 0.25) is 5.91 Å². The first-order valence-electron chi connectivity index (χ1n) is 10.1. The molecule has 154 valence electrons. The molecule has 29 heavy (non-hydrogen) atoms. The Morgan fingerprint density at radius 2 is 1.69 bits per heavy atom. The Bertz CT molecular complexity index is 803. The molecule has 1 aliphatic rings. The molecule has 2 aromatic carbocycles. The van der Waals surface area contributed by atoms with E-state index < -0.39 is 5.91 Å². The van der Waals surface area contributed by atoms with Crippen molar-refractivity contribution in [1.82, 2.24) is 0 Å². The number of anilines is 1. The molecule has 0 unspecified atom stereocenters. The molecule has 0 spiro atoms. The van der Waals surface area contributed by atoms with E-state index in [9.17, 15) is 9.59 Å². The molecule has 1 heterocycles. The van der Waals surface area contributed by atoms with Crippen LogP contribution in [0.4, 0.5) is 5.69 Å². The fourth-order valence-electron chi connectivity index (χ4n) is 3.59. The predicted octanol–water partition coefficient (Wildman–Crippen LogP) is -1.03. The number of quaternary nitrogens is 2. The van der Waals surface area contributed by atoms with E-state index in [2.05, 4.69) is 5.32 Å². The molecule has 0 aliphatic carbocycles. The minimum atomic E-state index is -0.477. The Morgan fingerprint density at radius 1 is 1.03 bits per heavy atom. The van der Waals surface area contributed by atoms with E-state index in [1.54, 1.807) is 24.3 Å². The van der Waals surface area contributed by atoms with Gasteiger partial charge < -0.3 is 25.6 Å². The van der Waals surface area contributed by atoms with Crippen molar-refractivity contribution in [3.63, 3.8) is 0 Å². The summed E-state index contributed by atoms with van der Waals surface area (Å²) in [5, 5.41) is 2.93. The van der Waals surface area contributed by atoms with Crippen LogP contribution in [-0.2, 0) is 4.79 Å². The summed E-state index contributed by atoms with van der Waals surface area (Å²) >= 11 is 0. The minimum absolute atomic E-state index is 0.0114. The normalized spacial score (nSPS) is 19.9. The van der Waals surface area contributed by atoms with Gasteiger partial charge in [-0.15, -0.1) is 0 Å². The number of carbonyl (C=O) groups excluding carboxylic acids is 2. The second-order valence-electron chi connectivity index (χ2n) is 7.47. The van der Waals surface area contributed by atoms with Gasteiger partial charge in [0.25, 0.3) is 5.91 Å². The Balaban J connectivity index is 1.40. The van der Waals surface area contributed by atoms with Gasteiger partial charge in [0.15, 0.2) is 6.04 Å². The third kappa shape index (κ3) is 6.04. The number of hydrogen-bond acceptors (Lipinski definition) is 3. The summed E-state index contributed by atoms with van der Waals surface area (Å²) in [6.45, 7) is 7.59. The van der Waals surface area contributed by atoms with E-state index >= 15 is 0 Å². The zero-order valence-corrected chi connectivity index (χ0v) is 16.8. The summed E-state index contributed by atoms with van der Waals surface area (Å²) in [6.07, 6.45) is 0. The summed E-state index contributed by atoms with van der Waals surface area (Å²) in [6, 6.07) is 16.4. The summed E-state index contributed by atoms with van der Waals surface area (Å²) in [5.41, 5.74) is 6.34. The molecule has 0 radical (unpaired) electrons. The number of amides is 2. The molecule has 7 nitrogen and oxygen atoms in total. The summed E-state index contributed by atoms with van der Waals surface area (Å²) < 4.78 is 5.79. The number of hydrogen-bond donors (Lipinski definition) is 4. The van der Waals surface area contributed by atoms with Gasteiger partial charge in [0.05, 0.1) is 0 Å². The zero-order valence-electron chi connectivity index (χ0n) is 16.8. The predicted molar refractivity (Wildman–Crippen MR) is 111 cm³/mol. The van der Waals surface area contributed by atoms with Gasteiger partial charge in [-0.3, -0.25) is 9.59 Å². The first kappa shape index (κ1) is 20.8. The van der Waals surface area contributed by atoms with E-state index in [1.165, 1.54) is 9.80 Å². The van der Waals surface area contributed by atoms with Gasteiger partial charge in [-0.05, 0) is 43.3 Å². The summed E-state index contributed by atoms with van der Waals surface area (Å²) in [7, 11) is 0. The third-order valence-electron chi connectivity index (χ3n) is 5.51. The maximum absolute atomic E-state index is 12.6. The third-order valence-corrected chi connectivity index (χ3v) is 5.51. The lowest BCUT2D eigenvalue weighted by atomic mass is 10.1. The van der Waals surface area contributed by atoms with E-state index in [-0.39, 0.29) is 11.9 Å². The molecule has 2 aromatic rings. The van der Waals surface area contributed by atoms with Crippen LogP contribution in [0, 0.1) is 0 Å². The Hall–Kier alpha value is -2.90. The second kappa shape index (κ2) is 10.0. The zero-order chi connectivity index (χ0) is 20.6. The molecule has 2 amide bonds. The number of para-hydroxylation sites is 1. The lowest BCUT2D eigenvalue weighted by Crippen LogP contribution is -3.30. The molecule has 1 saturated heterocycles. The van der Waals surface area contributed by atoms with Crippen LogP contribution in [-0.4, -0.2) is 57.2 Å². The molecule has 7 heteroatoms. The average Bonchev–Trinajstić information content (AvgIpc) is 2.75. The fourth-order valence-corrected chi connectivity index (χ4v) is 3.59. The van der Waals surface area contributed by atoms with E-state index in [1.807, 2.05) is 37.3 Å². The number of nitrogens with two attached hydrogens (primary N) is 1. The maximum atomic E-state index is 12.6. The average molecular weight is 399 g/mol. The van der Waals surface area contributed by atoms with Crippen LogP contribution in [0.15, 0.2) is 54.6 Å². The molecule has 0 aromatic heterocycles. The highest BCUT2D eigenvalue weighted by Crippen LogP contribution is 2.09. The van der Waals surface area contributed by atoms with Gasteiger partial charge in [0.1, 0.15) is 45.1 Å². The van der Waals surface area contributed by atoms with Crippen LogP contribution >= 0.6 is 0 Å². The summed E-state index contributed by atoms with van der Waals surface area (Å²) in [4.78, 5) is 26.5. The second-order valence-corrected chi connectivity index (χ2v) is 7.47. The number of ether oxygens (including phenoxy) is 1. The molecule has 3 rings (SSSR count). The van der Waals surface area contributed by atoms with Gasteiger partial charge in [-0.2, -0.15) is 0 Å². The molecule has 1 aliphatic heterocycles. The number of rotatable bonds is 8. The number of benzene rings is 2. The van der Waals surface area contributed by atoms with Crippen LogP contribution in [0.3, 0.4) is 0 Å². The number of carbonyl (C=O) groups is 2. The standard InChI is InChI=1S/C22H28N4O3/c1-17(22(28)24-19-9-7-18(8-10-19)21(23)27)26-13-11-25(12-14-26)15-16-29-20-5-3-2-4-6-20/h2-10,17H,11-16H2,1H3,(H2,23,27)(H,24,28)/p+2/t17-/m1/s1. The first-order valence-corrected chi connectivity index (χ1v) is 10.1. The lowest BCUT2D eigenvalue weighted by molar-refractivity contribution is -1.02. The molecule has 1 atom stereocenters. The van der Waals surface area contributed by atoms with E-state index in [4.69, 9.17) is 10.5 Å². The largest absolute Gasteiger partial charge is 0.488 e. The van der Waals surface area contributed by atoms with Gasteiger partial charge in [0, 0.05) is 11.3 Å². The Kier molecular flexibility index (Phi) is 7.21. The van der Waals surface area contributed by atoms with Crippen LogP contribution in [0.25, 0.3) is 0 Å². The topological polar surface area (TPSA) is 90.3 Å². The molecule has 5 N–H and O–H groups in total. The van der Waals surface area contributed by atoms with Crippen molar-refractivity contribution < 1.29 is 24.1 Å².